The molecule has 0 bridgehead atoms. The summed E-state index contributed by atoms with van der Waals surface area (Å²) in [5.41, 5.74) is -1.70. The first kappa shape index (κ1) is 11.4. The van der Waals surface area contributed by atoms with E-state index in [1.54, 1.807) is 29.7 Å². The van der Waals surface area contributed by atoms with Crippen LogP contribution in [-0.4, -0.2) is 18.2 Å². The summed E-state index contributed by atoms with van der Waals surface area (Å²) in [6.45, 7) is 0. The smallest absolute Gasteiger partial charge is 0.350 e. The number of thioether (sulfide) groups is 1. The van der Waals surface area contributed by atoms with Crippen LogP contribution in [0.25, 0.3) is 0 Å². The van der Waals surface area contributed by atoms with E-state index in [0.29, 0.717) is 9.78 Å². The van der Waals surface area contributed by atoms with Gasteiger partial charge in [0.2, 0.25) is 5.60 Å². The molecule has 3 nitrogen and oxygen atoms in total. The highest BCUT2D eigenvalue weighted by Gasteiger charge is 2.48. The maximum Gasteiger partial charge on any atom is 0.350 e. The van der Waals surface area contributed by atoms with Crippen LogP contribution < -0.4 is 0 Å². The zero-order chi connectivity index (χ0) is 11.6. The Bertz CT molecular complexity index is 448. The number of hydrogen-bond donors (Lipinski definition) is 1. The van der Waals surface area contributed by atoms with Crippen LogP contribution in [0.2, 0.25) is 0 Å². The Morgan fingerprint density at radius 1 is 1.62 bits per heavy atom. The molecule has 5 heteroatoms. The quantitative estimate of drug-likeness (QED) is 0.661. The maximum atomic E-state index is 11.8. The summed E-state index contributed by atoms with van der Waals surface area (Å²) in [6, 6.07) is 3.49. The average Bonchev–Trinajstić information content (AvgIpc) is 2.98. The first-order valence-electron chi connectivity index (χ1n) is 4.50. The normalized spacial score (nSPS) is 17.5. The molecule has 0 aromatic carbocycles. The Morgan fingerprint density at radius 3 is 2.94 bits per heavy atom. The van der Waals surface area contributed by atoms with E-state index in [2.05, 4.69) is 10.1 Å². The monoisotopic (exact) mass is 253 g/mol. The van der Waals surface area contributed by atoms with Gasteiger partial charge in [-0.05, 0) is 11.4 Å². The minimum Gasteiger partial charge on any atom is -0.466 e. The van der Waals surface area contributed by atoms with Gasteiger partial charge in [-0.3, -0.25) is 0 Å². The molecular weight excluding hydrogens is 244 g/mol. The number of carbonyl (C=O) groups excluding carboxylic acids is 1. The molecule has 0 radical (unpaired) electrons. The summed E-state index contributed by atoms with van der Waals surface area (Å²) in [5, 5.41) is 15.2. The molecule has 16 heavy (non-hydrogen) atoms. The number of carbonyl (C=O) groups is 1. The topological polar surface area (TPSA) is 46.5 Å². The fourth-order valence-electron chi connectivity index (χ4n) is 1.39. The van der Waals surface area contributed by atoms with Gasteiger partial charge in [0.25, 0.3) is 0 Å². The summed E-state index contributed by atoms with van der Waals surface area (Å²) in [6.07, 6.45) is 3.34. The fourth-order valence-corrected chi connectivity index (χ4v) is 3.02. The molecule has 0 saturated carbocycles. The molecular formula is C11H9O3S2+. The molecule has 0 aliphatic carbocycles. The van der Waals surface area contributed by atoms with Crippen molar-refractivity contribution in [2.75, 3.05) is 7.11 Å². The lowest BCUT2D eigenvalue weighted by Crippen LogP contribution is -2.36. The van der Waals surface area contributed by atoms with Crippen LogP contribution in [-0.2, 0) is 15.1 Å². The van der Waals surface area contributed by atoms with Gasteiger partial charge in [0.15, 0.2) is 11.0 Å². The zero-order valence-corrected chi connectivity index (χ0v) is 10.1. The van der Waals surface area contributed by atoms with Crippen molar-refractivity contribution in [3.05, 3.63) is 44.9 Å². The minimum absolute atomic E-state index is 0.516. The number of esters is 1. The van der Waals surface area contributed by atoms with E-state index < -0.39 is 11.6 Å². The second-order valence-electron chi connectivity index (χ2n) is 3.10. The largest absolute Gasteiger partial charge is 0.466 e. The van der Waals surface area contributed by atoms with Crippen molar-refractivity contribution in [3.63, 3.8) is 0 Å². The molecule has 0 amide bonds. The second kappa shape index (κ2) is 4.39. The lowest BCUT2D eigenvalue weighted by Gasteiger charge is -2.21. The molecule has 1 aromatic rings. The standard InChI is InChI=1S/C11H9O3S2/c1-14-10(12)11(13,8-4-2-6-15-8)9-5-3-7-16-9/h2-6,13H,1H3/q+1. The molecule has 1 N–H and O–H groups in total. The van der Waals surface area contributed by atoms with Crippen molar-refractivity contribution < 1.29 is 14.6 Å². The lowest BCUT2D eigenvalue weighted by molar-refractivity contribution is -0.158. The summed E-state index contributed by atoms with van der Waals surface area (Å²) in [7, 11) is 1.26. The number of ether oxygens (including phenoxy) is 1. The Hall–Kier alpha value is -1.13. The van der Waals surface area contributed by atoms with Crippen LogP contribution in [0.3, 0.4) is 0 Å². The van der Waals surface area contributed by atoms with Crippen LogP contribution in [0, 0.1) is 5.41 Å². The van der Waals surface area contributed by atoms with Gasteiger partial charge in [-0.2, -0.15) is 0 Å². The molecule has 1 aliphatic rings. The van der Waals surface area contributed by atoms with Gasteiger partial charge in [-0.15, -0.1) is 11.3 Å². The summed E-state index contributed by atoms with van der Waals surface area (Å²) < 4.78 is 4.67. The van der Waals surface area contributed by atoms with Crippen molar-refractivity contribution in [2.45, 2.75) is 5.60 Å². The van der Waals surface area contributed by atoms with Crippen LogP contribution in [0.1, 0.15) is 4.88 Å². The van der Waals surface area contributed by atoms with Crippen LogP contribution in [0.4, 0.5) is 0 Å². The number of aliphatic hydroxyl groups is 1. The number of rotatable bonds is 3. The van der Waals surface area contributed by atoms with Crippen LogP contribution in [0.5, 0.6) is 0 Å². The van der Waals surface area contributed by atoms with E-state index in [4.69, 9.17) is 0 Å². The van der Waals surface area contributed by atoms with Crippen LogP contribution in [0.15, 0.2) is 34.6 Å². The Balaban J connectivity index is 2.45. The fraction of sp³-hybridized carbons (Fsp3) is 0.182. The van der Waals surface area contributed by atoms with Gasteiger partial charge in [0.05, 0.1) is 29.8 Å². The zero-order valence-electron chi connectivity index (χ0n) is 8.47. The third-order valence-corrected chi connectivity index (χ3v) is 4.07. The Morgan fingerprint density at radius 2 is 2.44 bits per heavy atom. The SMILES string of the molecule is COC(=O)C(O)(C1=CC=[C+]S1)c1cccs1. The summed E-state index contributed by atoms with van der Waals surface area (Å²) in [4.78, 5) is 12.8. The molecule has 82 valence electrons. The lowest BCUT2D eigenvalue weighted by atomic mass is 10.0. The van der Waals surface area contributed by atoms with Gasteiger partial charge in [0, 0.05) is 0 Å². The number of hydrogen-bond acceptors (Lipinski definition) is 5. The first-order chi connectivity index (χ1) is 7.69. The van der Waals surface area contributed by atoms with Crippen molar-refractivity contribution in [3.8, 4) is 0 Å². The summed E-state index contributed by atoms with van der Waals surface area (Å²) >= 11 is 2.52. The third kappa shape index (κ3) is 1.68. The molecule has 2 heterocycles. The van der Waals surface area contributed by atoms with Crippen LogP contribution >= 0.6 is 23.1 Å². The van der Waals surface area contributed by atoms with E-state index in [1.807, 2.05) is 0 Å². The van der Waals surface area contributed by atoms with E-state index in [9.17, 15) is 9.90 Å². The predicted octanol–water partition coefficient (Wildman–Crippen LogP) is 2.06. The van der Waals surface area contributed by atoms with Gasteiger partial charge in [-0.25, -0.2) is 4.79 Å². The first-order valence-corrected chi connectivity index (χ1v) is 6.20. The number of methoxy groups -OCH3 is 1. The number of thiophene rings is 1. The molecule has 0 fully saturated rings. The van der Waals surface area contributed by atoms with E-state index in [0.717, 1.165) is 0 Å². The van der Waals surface area contributed by atoms with Crippen molar-refractivity contribution in [1.82, 2.24) is 0 Å². The molecule has 2 rings (SSSR count). The average molecular weight is 253 g/mol. The van der Waals surface area contributed by atoms with Crippen molar-refractivity contribution >= 4 is 29.1 Å². The molecule has 0 spiro atoms. The van der Waals surface area contributed by atoms with Gasteiger partial charge in [0.1, 0.15) is 5.41 Å². The molecule has 1 unspecified atom stereocenters. The van der Waals surface area contributed by atoms with Gasteiger partial charge >= 0.3 is 5.97 Å². The highest BCUT2D eigenvalue weighted by Crippen LogP contribution is 2.42. The Labute approximate surface area is 101 Å². The minimum atomic E-state index is -1.70. The van der Waals surface area contributed by atoms with E-state index in [1.165, 1.54) is 30.2 Å². The van der Waals surface area contributed by atoms with Crippen molar-refractivity contribution in [2.24, 2.45) is 0 Å². The highest BCUT2D eigenvalue weighted by atomic mass is 32.2. The van der Waals surface area contributed by atoms with Gasteiger partial charge in [-0.1, -0.05) is 6.07 Å². The molecule has 1 aliphatic heterocycles. The maximum absolute atomic E-state index is 11.8. The van der Waals surface area contributed by atoms with E-state index >= 15 is 0 Å². The third-order valence-electron chi connectivity index (χ3n) is 2.19. The molecule has 1 atom stereocenters. The number of allylic oxidation sites excluding steroid dienone is 2. The molecule has 1 aromatic heterocycles. The van der Waals surface area contributed by atoms with Crippen molar-refractivity contribution in [1.29, 1.82) is 0 Å². The molecule has 0 saturated heterocycles. The van der Waals surface area contributed by atoms with Gasteiger partial charge < -0.3 is 9.84 Å². The Kier molecular flexibility index (Phi) is 3.12. The predicted molar refractivity (Wildman–Crippen MR) is 63.7 cm³/mol. The highest BCUT2D eigenvalue weighted by molar-refractivity contribution is 8.05. The van der Waals surface area contributed by atoms with E-state index in [-0.39, 0.29) is 0 Å². The summed E-state index contributed by atoms with van der Waals surface area (Å²) in [5.74, 6) is -0.675. The second-order valence-corrected chi connectivity index (χ2v) is 4.92.